The van der Waals surface area contributed by atoms with Gasteiger partial charge in [0.25, 0.3) is 5.91 Å². The monoisotopic (exact) mass is 356 g/mol. The molecule has 2 N–H and O–H groups in total. The number of hydrogen-bond acceptors (Lipinski definition) is 3. The van der Waals surface area contributed by atoms with Gasteiger partial charge in [-0.25, -0.2) is 0 Å². The molecular weight excluding hydrogens is 343 g/mol. The van der Waals surface area contributed by atoms with E-state index in [-0.39, 0.29) is 23.0 Å². The van der Waals surface area contributed by atoms with E-state index in [9.17, 15) is 9.59 Å². The van der Waals surface area contributed by atoms with Crippen LogP contribution < -0.4 is 10.6 Å². The first kappa shape index (κ1) is 16.8. The average molecular weight is 357 g/mol. The van der Waals surface area contributed by atoms with Crippen LogP contribution in [-0.2, 0) is 11.2 Å². The van der Waals surface area contributed by atoms with Crippen molar-refractivity contribution in [2.24, 2.45) is 0 Å². The molecule has 2 amide bonds. The summed E-state index contributed by atoms with van der Waals surface area (Å²) < 4.78 is 0. The van der Waals surface area contributed by atoms with Crippen LogP contribution in [-0.4, -0.2) is 24.9 Å². The lowest BCUT2D eigenvalue weighted by Crippen LogP contribution is -2.37. The van der Waals surface area contributed by atoms with Gasteiger partial charge in [-0.3, -0.25) is 9.59 Å². The number of amides is 2. The van der Waals surface area contributed by atoms with Crippen LogP contribution in [0.15, 0.2) is 35.7 Å². The zero-order valence-corrected chi connectivity index (χ0v) is 13.9. The van der Waals surface area contributed by atoms with Crippen molar-refractivity contribution in [3.05, 3.63) is 56.2 Å². The molecule has 0 aliphatic carbocycles. The molecule has 0 unspecified atom stereocenters. The summed E-state index contributed by atoms with van der Waals surface area (Å²) in [5, 5.41) is 7.98. The van der Waals surface area contributed by atoms with Crippen LogP contribution in [0, 0.1) is 0 Å². The predicted molar refractivity (Wildman–Crippen MR) is 89.8 cm³/mol. The molecule has 0 fully saturated rings. The van der Waals surface area contributed by atoms with Crippen molar-refractivity contribution < 1.29 is 9.59 Å². The lowest BCUT2D eigenvalue weighted by Gasteiger charge is -2.08. The third kappa shape index (κ3) is 5.02. The first-order chi connectivity index (χ1) is 10.6. The Morgan fingerprint density at radius 2 is 1.95 bits per heavy atom. The van der Waals surface area contributed by atoms with Crippen molar-refractivity contribution in [1.82, 2.24) is 10.6 Å². The van der Waals surface area contributed by atoms with Gasteiger partial charge in [0.2, 0.25) is 5.91 Å². The Bertz CT molecular complexity index is 660. The largest absolute Gasteiger partial charge is 0.354 e. The number of hydrogen-bond donors (Lipinski definition) is 2. The maximum atomic E-state index is 11.9. The Hall–Kier alpha value is -1.56. The first-order valence-corrected chi connectivity index (χ1v) is 8.22. The maximum Gasteiger partial charge on any atom is 0.253 e. The van der Waals surface area contributed by atoms with Crippen LogP contribution in [0.1, 0.15) is 15.2 Å². The summed E-state index contributed by atoms with van der Waals surface area (Å²) in [6, 6.07) is 8.57. The SMILES string of the molecule is O=C(CNC(=O)c1ccc(Cl)cc1Cl)NCCc1cccs1. The minimum Gasteiger partial charge on any atom is -0.354 e. The standard InChI is InChI=1S/C15H14Cl2N2O2S/c16-10-3-4-12(13(17)8-10)15(21)19-9-14(20)18-6-5-11-2-1-7-22-11/h1-4,7-8H,5-6,9H2,(H,18,20)(H,19,21). The van der Waals surface area contributed by atoms with Crippen molar-refractivity contribution in [2.75, 3.05) is 13.1 Å². The smallest absolute Gasteiger partial charge is 0.253 e. The van der Waals surface area contributed by atoms with Gasteiger partial charge in [-0.1, -0.05) is 29.3 Å². The van der Waals surface area contributed by atoms with Crippen LogP contribution in [0.4, 0.5) is 0 Å². The second-order valence-electron chi connectivity index (χ2n) is 4.49. The van der Waals surface area contributed by atoms with Crippen LogP contribution in [0.3, 0.4) is 0 Å². The molecule has 0 aliphatic rings. The molecule has 22 heavy (non-hydrogen) atoms. The van der Waals surface area contributed by atoms with Gasteiger partial charge >= 0.3 is 0 Å². The molecule has 0 radical (unpaired) electrons. The molecule has 4 nitrogen and oxygen atoms in total. The highest BCUT2D eigenvalue weighted by molar-refractivity contribution is 7.09. The fourth-order valence-electron chi connectivity index (χ4n) is 1.77. The van der Waals surface area contributed by atoms with Crippen molar-refractivity contribution in [1.29, 1.82) is 0 Å². The minimum atomic E-state index is -0.407. The highest BCUT2D eigenvalue weighted by Crippen LogP contribution is 2.20. The van der Waals surface area contributed by atoms with Crippen LogP contribution in [0.25, 0.3) is 0 Å². The molecule has 116 valence electrons. The maximum absolute atomic E-state index is 11.9. The fourth-order valence-corrected chi connectivity index (χ4v) is 2.98. The van der Waals surface area contributed by atoms with E-state index in [0.717, 1.165) is 6.42 Å². The zero-order valence-electron chi connectivity index (χ0n) is 11.6. The first-order valence-electron chi connectivity index (χ1n) is 6.58. The number of carbonyl (C=O) groups is 2. The summed E-state index contributed by atoms with van der Waals surface area (Å²) in [5.74, 6) is -0.648. The molecule has 0 bridgehead atoms. The molecular formula is C15H14Cl2N2O2S. The molecule has 0 saturated carbocycles. The third-order valence-electron chi connectivity index (χ3n) is 2.86. The number of benzene rings is 1. The minimum absolute atomic E-state index is 0.0950. The van der Waals surface area contributed by atoms with Crippen LogP contribution >= 0.6 is 34.5 Å². The van der Waals surface area contributed by atoms with E-state index in [1.165, 1.54) is 17.0 Å². The number of thiophene rings is 1. The summed E-state index contributed by atoms with van der Waals surface area (Å²) in [4.78, 5) is 24.8. The summed E-state index contributed by atoms with van der Waals surface area (Å²) in [7, 11) is 0. The van der Waals surface area contributed by atoms with Gasteiger partial charge in [-0.15, -0.1) is 11.3 Å². The Labute approximate surface area is 142 Å². The molecule has 1 aromatic heterocycles. The lowest BCUT2D eigenvalue weighted by molar-refractivity contribution is -0.120. The molecule has 0 atom stereocenters. The molecule has 2 aromatic rings. The number of halogens is 2. The predicted octanol–water partition coefficient (Wildman–Crippen LogP) is 3.14. The average Bonchev–Trinajstić information content (AvgIpc) is 2.98. The van der Waals surface area contributed by atoms with Gasteiger partial charge in [0.1, 0.15) is 0 Å². The molecule has 1 aromatic carbocycles. The van der Waals surface area contributed by atoms with E-state index in [4.69, 9.17) is 23.2 Å². The van der Waals surface area contributed by atoms with E-state index < -0.39 is 5.91 Å². The highest BCUT2D eigenvalue weighted by Gasteiger charge is 2.11. The Balaban J connectivity index is 1.74. The van der Waals surface area contributed by atoms with Crippen molar-refractivity contribution >= 4 is 46.4 Å². The quantitative estimate of drug-likeness (QED) is 0.835. The Kier molecular flexibility index (Phi) is 6.24. The van der Waals surface area contributed by atoms with Gasteiger partial charge in [0.15, 0.2) is 0 Å². The lowest BCUT2D eigenvalue weighted by atomic mass is 10.2. The third-order valence-corrected chi connectivity index (χ3v) is 4.34. The number of rotatable bonds is 6. The van der Waals surface area contributed by atoms with Gasteiger partial charge < -0.3 is 10.6 Å². The molecule has 0 spiro atoms. The second-order valence-corrected chi connectivity index (χ2v) is 6.36. The van der Waals surface area contributed by atoms with Crippen molar-refractivity contribution in [2.45, 2.75) is 6.42 Å². The summed E-state index contributed by atoms with van der Waals surface area (Å²) in [5.41, 5.74) is 0.289. The molecule has 0 saturated heterocycles. The van der Waals surface area contributed by atoms with E-state index in [2.05, 4.69) is 10.6 Å². The number of nitrogens with one attached hydrogen (secondary N) is 2. The van der Waals surface area contributed by atoms with E-state index in [1.54, 1.807) is 17.4 Å². The molecule has 7 heteroatoms. The summed E-state index contributed by atoms with van der Waals surface area (Å²) in [6.07, 6.45) is 0.778. The normalized spacial score (nSPS) is 10.3. The van der Waals surface area contributed by atoms with E-state index in [1.807, 2.05) is 17.5 Å². The number of carbonyl (C=O) groups excluding carboxylic acids is 2. The van der Waals surface area contributed by atoms with E-state index >= 15 is 0 Å². The Morgan fingerprint density at radius 1 is 1.14 bits per heavy atom. The highest BCUT2D eigenvalue weighted by atomic mass is 35.5. The summed E-state index contributed by atoms with van der Waals surface area (Å²) >= 11 is 13.4. The Morgan fingerprint density at radius 3 is 2.64 bits per heavy atom. The zero-order chi connectivity index (χ0) is 15.9. The van der Waals surface area contributed by atoms with Gasteiger partial charge in [0.05, 0.1) is 17.1 Å². The van der Waals surface area contributed by atoms with Gasteiger partial charge in [-0.05, 0) is 36.1 Å². The van der Waals surface area contributed by atoms with Gasteiger partial charge in [-0.2, -0.15) is 0 Å². The molecule has 0 aliphatic heterocycles. The van der Waals surface area contributed by atoms with E-state index in [0.29, 0.717) is 11.6 Å². The van der Waals surface area contributed by atoms with Crippen molar-refractivity contribution in [3.63, 3.8) is 0 Å². The fraction of sp³-hybridized carbons (Fsp3) is 0.200. The van der Waals surface area contributed by atoms with Gasteiger partial charge in [0, 0.05) is 16.4 Å². The van der Waals surface area contributed by atoms with Crippen molar-refractivity contribution in [3.8, 4) is 0 Å². The topological polar surface area (TPSA) is 58.2 Å². The molecule has 1 heterocycles. The van der Waals surface area contributed by atoms with Crippen LogP contribution in [0.5, 0.6) is 0 Å². The molecule has 2 rings (SSSR count). The van der Waals surface area contributed by atoms with Crippen LogP contribution in [0.2, 0.25) is 10.0 Å². The summed E-state index contributed by atoms with van der Waals surface area (Å²) in [6.45, 7) is 0.444. The second kappa shape index (κ2) is 8.17.